The molecule has 3 rings (SSSR count). The van der Waals surface area contributed by atoms with Crippen molar-refractivity contribution < 1.29 is 8.95 Å². The van der Waals surface area contributed by atoms with E-state index in [-0.39, 0.29) is 6.10 Å². The zero-order chi connectivity index (χ0) is 16.2. The molecule has 0 N–H and O–H groups in total. The van der Waals surface area contributed by atoms with Gasteiger partial charge in [0.05, 0.1) is 29.1 Å². The fourth-order valence-corrected chi connectivity index (χ4v) is 5.21. The van der Waals surface area contributed by atoms with Gasteiger partial charge in [0.2, 0.25) is 0 Å². The first-order chi connectivity index (χ1) is 11.1. The number of hydrogen-bond donors (Lipinski definition) is 0. The Hall–Kier alpha value is -0.680. The minimum Gasteiger partial charge on any atom is -0.376 e. The second kappa shape index (κ2) is 7.93. The van der Waals surface area contributed by atoms with E-state index in [1.54, 1.807) is 0 Å². The summed E-state index contributed by atoms with van der Waals surface area (Å²) < 4.78 is 20.7. The second-order valence-corrected chi connectivity index (χ2v) is 8.62. The predicted molar refractivity (Wildman–Crippen MR) is 93.1 cm³/mol. The number of rotatable bonds is 7. The summed E-state index contributed by atoms with van der Waals surface area (Å²) in [4.78, 5) is 4.61. The van der Waals surface area contributed by atoms with Crippen LogP contribution in [0.25, 0.3) is 0 Å². The average molecular weight is 339 g/mol. The number of nitrogens with zero attached hydrogens (tertiary/aromatic N) is 2. The Morgan fingerprint density at radius 2 is 2.00 bits per heavy atom. The molecule has 4 nitrogen and oxygen atoms in total. The van der Waals surface area contributed by atoms with E-state index in [9.17, 15) is 4.21 Å². The zero-order valence-electron chi connectivity index (χ0n) is 14.6. The Morgan fingerprint density at radius 1 is 1.22 bits per heavy atom. The maximum Gasteiger partial charge on any atom is 0.199 e. The highest BCUT2D eigenvalue weighted by atomic mass is 32.2. The summed E-state index contributed by atoms with van der Waals surface area (Å²) in [5, 5.41) is 0.766. The maximum absolute atomic E-state index is 12.8. The van der Waals surface area contributed by atoms with Gasteiger partial charge in [-0.3, -0.25) is 4.21 Å². The molecule has 1 aromatic heterocycles. The molecule has 1 aliphatic heterocycles. The topological polar surface area (TPSA) is 44.1 Å². The van der Waals surface area contributed by atoms with Crippen molar-refractivity contribution in [2.24, 2.45) is 5.92 Å². The Kier molecular flexibility index (Phi) is 5.91. The van der Waals surface area contributed by atoms with E-state index in [0.717, 1.165) is 60.6 Å². The molecule has 23 heavy (non-hydrogen) atoms. The maximum atomic E-state index is 12.8. The third kappa shape index (κ3) is 4.24. The molecule has 2 heterocycles. The van der Waals surface area contributed by atoms with Gasteiger partial charge in [-0.1, -0.05) is 25.7 Å². The van der Waals surface area contributed by atoms with Crippen LogP contribution in [0.1, 0.15) is 62.8 Å². The summed E-state index contributed by atoms with van der Waals surface area (Å²) in [6, 6.07) is 0. The van der Waals surface area contributed by atoms with Crippen LogP contribution in [0.4, 0.5) is 0 Å². The lowest BCUT2D eigenvalue weighted by molar-refractivity contribution is 0.0944. The van der Waals surface area contributed by atoms with Crippen LogP contribution in [0.5, 0.6) is 0 Å². The van der Waals surface area contributed by atoms with Crippen molar-refractivity contribution in [1.29, 1.82) is 0 Å². The fraction of sp³-hybridized carbons (Fsp3) is 0.833. The molecule has 0 aromatic carbocycles. The third-order valence-corrected chi connectivity index (χ3v) is 6.83. The van der Waals surface area contributed by atoms with Crippen molar-refractivity contribution in [1.82, 2.24) is 9.55 Å². The Bertz CT molecular complexity index is 543. The summed E-state index contributed by atoms with van der Waals surface area (Å²) in [5.74, 6) is 1.62. The molecule has 2 aliphatic rings. The molecule has 5 heteroatoms. The van der Waals surface area contributed by atoms with E-state index in [0.29, 0.717) is 0 Å². The second-order valence-electron chi connectivity index (χ2n) is 7.15. The molecule has 0 radical (unpaired) electrons. The van der Waals surface area contributed by atoms with Gasteiger partial charge in [0.25, 0.3) is 0 Å². The van der Waals surface area contributed by atoms with E-state index in [1.165, 1.54) is 32.1 Å². The molecule has 2 fully saturated rings. The molecule has 0 spiro atoms. The molecular formula is C18H30N2O2S. The van der Waals surface area contributed by atoms with Crippen molar-refractivity contribution >= 4 is 10.8 Å². The first-order valence-corrected chi connectivity index (χ1v) is 10.5. The summed E-state index contributed by atoms with van der Waals surface area (Å²) in [6.45, 7) is 5.75. The molecule has 0 unspecified atom stereocenters. The Morgan fingerprint density at radius 3 is 2.70 bits per heavy atom. The lowest BCUT2D eigenvalue weighted by Gasteiger charge is -2.15. The SMILES string of the molecule is Cc1nc([S@](=O)CCCC2CCCC2)n(C[C@H]2CCCO2)c1C. The third-order valence-electron chi connectivity index (χ3n) is 5.45. The van der Waals surface area contributed by atoms with Gasteiger partial charge in [-0.15, -0.1) is 0 Å². The number of imidazole rings is 1. The first kappa shape index (κ1) is 17.2. The van der Waals surface area contributed by atoms with Gasteiger partial charge < -0.3 is 9.30 Å². The average Bonchev–Trinajstić information content (AvgIpc) is 3.26. The minimum absolute atomic E-state index is 0.261. The van der Waals surface area contributed by atoms with Crippen LogP contribution in [0, 0.1) is 19.8 Å². The van der Waals surface area contributed by atoms with Crippen molar-refractivity contribution in [2.75, 3.05) is 12.4 Å². The molecule has 130 valence electrons. The fourth-order valence-electron chi connectivity index (χ4n) is 3.90. The number of aromatic nitrogens is 2. The molecule has 1 aromatic rings. The van der Waals surface area contributed by atoms with Crippen LogP contribution in [-0.2, 0) is 22.1 Å². The van der Waals surface area contributed by atoms with Gasteiger partial charge in [0, 0.05) is 18.1 Å². The largest absolute Gasteiger partial charge is 0.376 e. The highest BCUT2D eigenvalue weighted by Crippen LogP contribution is 2.29. The first-order valence-electron chi connectivity index (χ1n) is 9.19. The van der Waals surface area contributed by atoms with E-state index < -0.39 is 10.8 Å². The molecule has 2 atom stereocenters. The van der Waals surface area contributed by atoms with E-state index >= 15 is 0 Å². The highest BCUT2D eigenvalue weighted by Gasteiger charge is 2.23. The summed E-state index contributed by atoms with van der Waals surface area (Å²) in [7, 11) is -0.988. The molecule has 1 saturated carbocycles. The normalized spacial score (nSPS) is 23.7. The number of ether oxygens (including phenoxy) is 1. The van der Waals surface area contributed by atoms with Gasteiger partial charge in [0.1, 0.15) is 0 Å². The molecule has 0 amide bonds. The quantitative estimate of drug-likeness (QED) is 0.760. The standard InChI is InChI=1S/C18H30N2O2S/c1-14-15(2)20(13-17-10-5-11-22-17)18(19-14)23(21)12-6-9-16-7-3-4-8-16/h16-17H,3-13H2,1-2H3/t17-,23-/m1/s1. The van der Waals surface area contributed by atoms with E-state index in [2.05, 4.69) is 16.5 Å². The lowest BCUT2D eigenvalue weighted by Crippen LogP contribution is -2.19. The van der Waals surface area contributed by atoms with Crippen molar-refractivity contribution in [3.8, 4) is 0 Å². The van der Waals surface area contributed by atoms with Gasteiger partial charge in [0.15, 0.2) is 5.16 Å². The minimum atomic E-state index is -0.988. The molecule has 0 bridgehead atoms. The van der Waals surface area contributed by atoms with Crippen LogP contribution in [0.3, 0.4) is 0 Å². The van der Waals surface area contributed by atoms with Crippen LogP contribution in [-0.4, -0.2) is 32.2 Å². The van der Waals surface area contributed by atoms with Gasteiger partial charge in [-0.2, -0.15) is 0 Å². The summed E-state index contributed by atoms with van der Waals surface area (Å²) in [6.07, 6.45) is 10.3. The monoisotopic (exact) mass is 338 g/mol. The zero-order valence-corrected chi connectivity index (χ0v) is 15.4. The van der Waals surface area contributed by atoms with Crippen LogP contribution in [0.15, 0.2) is 5.16 Å². The summed E-state index contributed by atoms with van der Waals surface area (Å²) in [5.41, 5.74) is 2.14. The predicted octanol–water partition coefficient (Wildman–Crippen LogP) is 3.76. The van der Waals surface area contributed by atoms with E-state index in [4.69, 9.17) is 4.74 Å². The van der Waals surface area contributed by atoms with Crippen molar-refractivity contribution in [2.45, 2.75) is 83.0 Å². The smallest absolute Gasteiger partial charge is 0.199 e. The molecular weight excluding hydrogens is 308 g/mol. The van der Waals surface area contributed by atoms with Gasteiger partial charge >= 0.3 is 0 Å². The Balaban J connectivity index is 1.60. The van der Waals surface area contributed by atoms with Crippen molar-refractivity contribution in [3.63, 3.8) is 0 Å². The molecule has 1 saturated heterocycles. The summed E-state index contributed by atoms with van der Waals surface area (Å²) >= 11 is 0. The van der Waals surface area contributed by atoms with E-state index in [1.807, 2.05) is 6.92 Å². The number of hydrogen-bond acceptors (Lipinski definition) is 3. The van der Waals surface area contributed by atoms with Gasteiger partial charge in [-0.05, 0) is 45.4 Å². The van der Waals surface area contributed by atoms with Crippen LogP contribution in [0.2, 0.25) is 0 Å². The van der Waals surface area contributed by atoms with Crippen LogP contribution >= 0.6 is 0 Å². The number of aryl methyl sites for hydroxylation is 1. The van der Waals surface area contributed by atoms with Crippen molar-refractivity contribution in [3.05, 3.63) is 11.4 Å². The van der Waals surface area contributed by atoms with Gasteiger partial charge in [-0.25, -0.2) is 4.98 Å². The van der Waals surface area contributed by atoms with Crippen LogP contribution < -0.4 is 0 Å². The Labute approximate surface area is 142 Å². The highest BCUT2D eigenvalue weighted by molar-refractivity contribution is 7.84. The molecule has 1 aliphatic carbocycles. The lowest BCUT2D eigenvalue weighted by atomic mass is 10.0.